The van der Waals surface area contributed by atoms with E-state index in [4.69, 9.17) is 24.4 Å². The first-order valence-corrected chi connectivity index (χ1v) is 18.4. The number of anilines is 3. The molecular formula is C39H37F3N12O3. The number of nitrogens with one attached hydrogen (secondary N) is 1. The molecule has 0 saturated carbocycles. The van der Waals surface area contributed by atoms with Crippen LogP contribution in [0.1, 0.15) is 12.2 Å². The molecule has 3 aliphatic heterocycles. The Morgan fingerprint density at radius 2 is 1.81 bits per heavy atom. The SMILES string of the molecule is CO[C@H]1CN(C)C(=O)[C@@H]2C[C@@H](CN2c2nc(N3CC(C#N)(OC)C3)nc3c2cnn3-c2ccc(F)cc2F)Nc2cccc(n2)-c2cc(F)cc3nc(C)n(c23)C1. The van der Waals surface area contributed by atoms with E-state index in [-0.39, 0.29) is 55.4 Å². The van der Waals surface area contributed by atoms with Gasteiger partial charge in [-0.3, -0.25) is 4.79 Å². The largest absolute Gasteiger partial charge is 0.378 e. The third kappa shape index (κ3) is 6.14. The molecule has 1 N–H and O–H groups in total. The fraction of sp³-hybridized carbons (Fsp3) is 0.359. The normalized spacial score (nSPS) is 20.6. The minimum Gasteiger partial charge on any atom is -0.378 e. The zero-order valence-corrected chi connectivity index (χ0v) is 31.4. The number of aryl methyl sites for hydroxylation is 1. The van der Waals surface area contributed by atoms with Crippen LogP contribution in [0.25, 0.3) is 39.0 Å². The second kappa shape index (κ2) is 13.7. The first-order valence-electron chi connectivity index (χ1n) is 18.4. The molecule has 9 rings (SSSR count). The predicted molar refractivity (Wildman–Crippen MR) is 203 cm³/mol. The number of halogens is 3. The number of ether oxygens (including phenoxy) is 2. The number of pyridine rings is 1. The molecule has 3 aliphatic rings. The van der Waals surface area contributed by atoms with Crippen LogP contribution in [-0.4, -0.2) is 116 Å². The number of amides is 1. The highest BCUT2D eigenvalue weighted by Gasteiger charge is 2.46. The van der Waals surface area contributed by atoms with Crippen molar-refractivity contribution in [3.05, 3.63) is 78.0 Å². The highest BCUT2D eigenvalue weighted by molar-refractivity contribution is 5.94. The van der Waals surface area contributed by atoms with Crippen LogP contribution in [0.3, 0.4) is 0 Å². The maximum absolute atomic E-state index is 15.3. The third-order valence-electron chi connectivity index (χ3n) is 11.1. The lowest BCUT2D eigenvalue weighted by Crippen LogP contribution is -2.62. The van der Waals surface area contributed by atoms with Gasteiger partial charge in [0.25, 0.3) is 0 Å². The summed E-state index contributed by atoms with van der Waals surface area (Å²) in [5, 5.41) is 18.2. The molecule has 4 aromatic heterocycles. The van der Waals surface area contributed by atoms with Crippen LogP contribution in [0.5, 0.6) is 0 Å². The van der Waals surface area contributed by atoms with Crippen molar-refractivity contribution in [2.24, 2.45) is 0 Å². The molecule has 0 radical (unpaired) electrons. The van der Waals surface area contributed by atoms with Crippen molar-refractivity contribution in [1.29, 1.82) is 5.26 Å². The number of aromatic nitrogens is 7. The molecule has 3 atom stereocenters. The summed E-state index contributed by atoms with van der Waals surface area (Å²) in [4.78, 5) is 39.3. The molecule has 292 valence electrons. The number of imidazole rings is 1. The van der Waals surface area contributed by atoms with Crippen molar-refractivity contribution in [2.75, 3.05) is 62.6 Å². The first-order chi connectivity index (χ1) is 27.5. The van der Waals surface area contributed by atoms with Gasteiger partial charge in [-0.15, -0.1) is 0 Å². The van der Waals surface area contributed by atoms with Gasteiger partial charge in [0, 0.05) is 58.1 Å². The topological polar surface area (TPSA) is 155 Å². The summed E-state index contributed by atoms with van der Waals surface area (Å²) < 4.78 is 59.0. The average Bonchev–Trinajstić information content (AvgIpc) is 3.88. The number of hydrogen-bond donors (Lipinski definition) is 1. The maximum Gasteiger partial charge on any atom is 0.245 e. The Morgan fingerprint density at radius 1 is 0.982 bits per heavy atom. The molecule has 2 saturated heterocycles. The highest BCUT2D eigenvalue weighted by Crippen LogP contribution is 2.38. The van der Waals surface area contributed by atoms with Gasteiger partial charge in [-0.25, -0.2) is 27.8 Å². The summed E-state index contributed by atoms with van der Waals surface area (Å²) in [6.07, 6.45) is 1.36. The molecule has 2 aromatic carbocycles. The average molecular weight is 779 g/mol. The van der Waals surface area contributed by atoms with Crippen LogP contribution >= 0.6 is 0 Å². The summed E-state index contributed by atoms with van der Waals surface area (Å²) >= 11 is 0. The highest BCUT2D eigenvalue weighted by atomic mass is 19.1. The lowest BCUT2D eigenvalue weighted by atomic mass is 9.96. The number of carbonyl (C=O) groups excluding carboxylic acids is 1. The number of nitrogens with zero attached hydrogens (tertiary/aromatic N) is 11. The molecule has 6 aromatic rings. The Labute approximate surface area is 324 Å². The van der Waals surface area contributed by atoms with E-state index >= 15 is 8.78 Å². The van der Waals surface area contributed by atoms with Crippen molar-refractivity contribution < 1.29 is 27.4 Å². The minimum absolute atomic E-state index is 0.0351. The standard InChI is InChI=1S/C39H37F3N12O3/c1-21-45-30-12-23(41)10-26-29-6-5-7-33(47-29)46-24-13-32(37(55)50(2)16-25(56-3)17-52(21)34(26)30)53(15-24)35-27-14-44-54(31-9-8-22(40)11-28(31)42)36(27)49-38(48-35)51-19-39(18-43,20-51)57-4/h5-12,14,24-25,32H,13,15-17,19-20H2,1-4H3,(H,46,47)/t24-,25-,32-/m0/s1. The molecule has 57 heavy (non-hydrogen) atoms. The summed E-state index contributed by atoms with van der Waals surface area (Å²) in [5.41, 5.74) is 1.41. The van der Waals surface area contributed by atoms with Crippen molar-refractivity contribution in [1.82, 2.24) is 39.2 Å². The zero-order valence-electron chi connectivity index (χ0n) is 31.4. The molecule has 0 unspecified atom stereocenters. The Hall–Kier alpha value is -6.32. The maximum atomic E-state index is 15.3. The van der Waals surface area contributed by atoms with Gasteiger partial charge < -0.3 is 34.1 Å². The molecular weight excluding hydrogens is 742 g/mol. The number of carbonyl (C=O) groups is 1. The van der Waals surface area contributed by atoms with E-state index in [1.165, 1.54) is 36.2 Å². The number of rotatable bonds is 5. The van der Waals surface area contributed by atoms with Gasteiger partial charge in [0.2, 0.25) is 11.9 Å². The molecule has 18 heteroatoms. The van der Waals surface area contributed by atoms with E-state index in [0.717, 1.165) is 12.1 Å². The van der Waals surface area contributed by atoms with Gasteiger partial charge >= 0.3 is 0 Å². The second-order valence-electron chi connectivity index (χ2n) is 14.7. The van der Waals surface area contributed by atoms with E-state index < -0.39 is 35.2 Å². The van der Waals surface area contributed by atoms with Gasteiger partial charge in [-0.05, 0) is 43.7 Å². The fourth-order valence-corrected chi connectivity index (χ4v) is 8.14. The van der Waals surface area contributed by atoms with Gasteiger partial charge in [0.05, 0.1) is 54.0 Å². The van der Waals surface area contributed by atoms with Crippen molar-refractivity contribution in [3.63, 3.8) is 0 Å². The van der Waals surface area contributed by atoms with E-state index in [9.17, 15) is 14.4 Å². The van der Waals surface area contributed by atoms with Crippen LogP contribution in [0.4, 0.5) is 30.8 Å². The quantitative estimate of drug-likeness (QED) is 0.266. The van der Waals surface area contributed by atoms with Gasteiger partial charge in [-0.2, -0.15) is 20.3 Å². The molecule has 2 fully saturated rings. The molecule has 1 amide bonds. The second-order valence-corrected chi connectivity index (χ2v) is 14.7. The predicted octanol–water partition coefficient (Wildman–Crippen LogP) is 4.23. The first kappa shape index (κ1) is 36.3. The van der Waals surface area contributed by atoms with Crippen LogP contribution < -0.4 is 15.1 Å². The smallest absolute Gasteiger partial charge is 0.245 e. The van der Waals surface area contributed by atoms with Crippen molar-refractivity contribution in [2.45, 2.75) is 43.7 Å². The summed E-state index contributed by atoms with van der Waals surface area (Å²) in [6, 6.07) is 12.6. The van der Waals surface area contributed by atoms with E-state index in [0.29, 0.717) is 58.1 Å². The lowest BCUT2D eigenvalue weighted by molar-refractivity contribution is -0.132. The van der Waals surface area contributed by atoms with Crippen LogP contribution in [-0.2, 0) is 20.8 Å². The van der Waals surface area contributed by atoms with Gasteiger partial charge in [0.15, 0.2) is 17.1 Å². The third-order valence-corrected chi connectivity index (χ3v) is 11.1. The van der Waals surface area contributed by atoms with E-state index in [1.807, 2.05) is 34.6 Å². The molecule has 7 heterocycles. The molecule has 0 spiro atoms. The van der Waals surface area contributed by atoms with Crippen LogP contribution in [0.15, 0.2) is 54.7 Å². The van der Waals surface area contributed by atoms with Gasteiger partial charge in [-0.1, -0.05) is 6.07 Å². The van der Waals surface area contributed by atoms with E-state index in [1.54, 1.807) is 24.0 Å². The summed E-state index contributed by atoms with van der Waals surface area (Å²) in [6.45, 7) is 2.98. The number of benzene rings is 2. The Bertz CT molecular complexity index is 2620. The number of likely N-dealkylation sites (N-methyl/N-ethyl adjacent to an activating group) is 1. The van der Waals surface area contributed by atoms with Crippen LogP contribution in [0, 0.1) is 35.7 Å². The summed E-state index contributed by atoms with van der Waals surface area (Å²) in [7, 11) is 4.76. The minimum atomic E-state index is -1.07. The molecule has 15 nitrogen and oxygen atoms in total. The number of methoxy groups -OCH3 is 2. The Kier molecular flexibility index (Phi) is 8.73. The van der Waals surface area contributed by atoms with Crippen molar-refractivity contribution >= 4 is 45.6 Å². The lowest BCUT2D eigenvalue weighted by Gasteiger charge is -2.44. The van der Waals surface area contributed by atoms with E-state index in [2.05, 4.69) is 21.5 Å². The van der Waals surface area contributed by atoms with Crippen LogP contribution in [0.2, 0.25) is 0 Å². The monoisotopic (exact) mass is 778 g/mol. The molecule has 4 bridgehead atoms. The van der Waals surface area contributed by atoms with Crippen molar-refractivity contribution in [3.8, 4) is 23.0 Å². The Balaban J connectivity index is 1.17. The number of hydrogen-bond acceptors (Lipinski definition) is 12. The fourth-order valence-electron chi connectivity index (χ4n) is 8.14. The zero-order chi connectivity index (χ0) is 39.7. The molecule has 0 aliphatic carbocycles. The van der Waals surface area contributed by atoms with Gasteiger partial charge in [0.1, 0.15) is 46.9 Å². The Morgan fingerprint density at radius 3 is 2.56 bits per heavy atom. The summed E-state index contributed by atoms with van der Waals surface area (Å²) in [5.74, 6) is -0.493. The number of fused-ring (bicyclic) bond motifs is 6. The number of nitriles is 1.